The maximum atomic E-state index is 18.3. The standard InChI is InChI=1S/C72H94ClF2N11O7Si/c1-45(2)94(46(3)4,47(5)6)34-20-54-58(74)16-12-49-35-53(92-44-91-10)37-55(61(49)54)63-62(75)64-56(38-76-63)65(84-40-51-13-14-52(41-84)86(51)69(90)93-70(7,8)9)80-67(79-64)77-42-72(23-24-72)43-82-32-30-81(31-33-82)39-48-17-21-71(22-18-48)25-28-83(29-26-71)66(88)50-11-15-57(73)59(36-50)85-27-19-60(87)78-68(85)89/h11-12,15-16,35-38,45-48,51-52H,13-14,17-19,21-33,39-44H2,1-10H3,(H,77,79,80)(H,78,87,89). The van der Waals surface area contributed by atoms with E-state index in [0.29, 0.717) is 111 Å². The first-order valence-corrected chi connectivity index (χ1v) is 36.9. The van der Waals surface area contributed by atoms with Crippen molar-refractivity contribution >= 4 is 82.7 Å². The largest absolute Gasteiger partial charge is 0.468 e. The highest BCUT2D eigenvalue weighted by atomic mass is 35.5. The molecule has 2 aliphatic carbocycles. The smallest absolute Gasteiger partial charge is 0.410 e. The Morgan fingerprint density at radius 1 is 0.840 bits per heavy atom. The van der Waals surface area contributed by atoms with Gasteiger partial charge in [0.2, 0.25) is 11.9 Å². The molecular formula is C72H94ClF2N11O7Si. The molecule has 12 rings (SSSR count). The Morgan fingerprint density at radius 3 is 2.16 bits per heavy atom. The van der Waals surface area contributed by atoms with E-state index in [-0.39, 0.29) is 77.4 Å². The minimum absolute atomic E-state index is 0.00543. The number of imide groups is 1. The minimum Gasteiger partial charge on any atom is -0.468 e. The first kappa shape index (κ1) is 67.3. The highest BCUT2D eigenvalue weighted by Gasteiger charge is 2.48. The number of methoxy groups -OCH3 is 1. The third-order valence-corrected chi connectivity index (χ3v) is 28.5. The third-order valence-electron chi connectivity index (χ3n) is 21.9. The number of hydrogen-bond acceptors (Lipinski definition) is 14. The lowest BCUT2D eigenvalue weighted by Gasteiger charge is -2.47. The molecule has 94 heavy (non-hydrogen) atoms. The number of halogens is 3. The molecule has 2 bridgehead atoms. The summed E-state index contributed by atoms with van der Waals surface area (Å²) >= 11 is 6.50. The average Bonchev–Trinajstić information content (AvgIpc) is 1.11. The van der Waals surface area contributed by atoms with Crippen LogP contribution < -0.4 is 25.2 Å². The number of ether oxygens (including phenoxy) is 3. The van der Waals surface area contributed by atoms with Crippen LogP contribution in [0.25, 0.3) is 32.9 Å². The van der Waals surface area contributed by atoms with Crippen LogP contribution in [-0.2, 0) is 14.3 Å². The van der Waals surface area contributed by atoms with Crippen molar-refractivity contribution in [2.45, 2.75) is 167 Å². The molecule has 2 N–H and O–H groups in total. The van der Waals surface area contributed by atoms with Gasteiger partial charge in [-0.2, -0.15) is 4.98 Å². The number of anilines is 3. The van der Waals surface area contributed by atoms with E-state index in [4.69, 9.17) is 40.8 Å². The van der Waals surface area contributed by atoms with Gasteiger partial charge in [-0.15, -0.1) is 5.54 Å². The van der Waals surface area contributed by atoms with Crippen LogP contribution in [0.1, 0.15) is 149 Å². The van der Waals surface area contributed by atoms with Gasteiger partial charge in [-0.25, -0.2) is 23.4 Å². The van der Waals surface area contributed by atoms with Crippen molar-refractivity contribution in [1.82, 2.24) is 39.9 Å². The molecule has 504 valence electrons. The number of piperidine rings is 1. The Labute approximate surface area is 558 Å². The molecule has 22 heteroatoms. The van der Waals surface area contributed by atoms with Gasteiger partial charge in [-0.05, 0) is 155 Å². The topological polar surface area (TPSA) is 178 Å². The number of piperazine rings is 2. The van der Waals surface area contributed by atoms with E-state index in [1.54, 1.807) is 42.6 Å². The maximum absolute atomic E-state index is 18.3. The van der Waals surface area contributed by atoms with Crippen molar-refractivity contribution in [2.24, 2.45) is 16.7 Å². The number of aromatic nitrogens is 3. The van der Waals surface area contributed by atoms with Gasteiger partial charge in [0.25, 0.3) is 5.91 Å². The molecule has 0 radical (unpaired) electrons. The molecule has 2 aromatic heterocycles. The van der Waals surface area contributed by atoms with Gasteiger partial charge in [0.15, 0.2) is 12.6 Å². The van der Waals surface area contributed by atoms with Crippen LogP contribution in [0, 0.1) is 39.8 Å². The molecule has 2 unspecified atom stereocenters. The zero-order valence-corrected chi connectivity index (χ0v) is 58.3. The Hall–Kier alpha value is -6.70. The van der Waals surface area contributed by atoms with Gasteiger partial charge in [-0.3, -0.25) is 29.7 Å². The molecule has 5 aromatic rings. The lowest BCUT2D eigenvalue weighted by Crippen LogP contribution is -2.57. The number of amides is 5. The summed E-state index contributed by atoms with van der Waals surface area (Å²) in [5.74, 6) is 3.71. The number of hydrogen-bond donors (Lipinski definition) is 2. The first-order valence-electron chi connectivity index (χ1n) is 34.3. The molecular weight excluding hydrogens is 1230 g/mol. The Balaban J connectivity index is 0.737. The summed E-state index contributed by atoms with van der Waals surface area (Å²) in [6.07, 6.45) is 11.9. The van der Waals surface area contributed by atoms with E-state index in [9.17, 15) is 19.2 Å². The van der Waals surface area contributed by atoms with Crippen LogP contribution in [0.5, 0.6) is 5.75 Å². The number of rotatable bonds is 17. The molecule has 3 aromatic carbocycles. The molecule has 18 nitrogen and oxygen atoms in total. The Kier molecular flexibility index (Phi) is 19.4. The highest BCUT2D eigenvalue weighted by molar-refractivity contribution is 6.90. The molecule has 7 fully saturated rings. The second kappa shape index (κ2) is 27.1. The van der Waals surface area contributed by atoms with Crippen molar-refractivity contribution < 1.29 is 42.2 Å². The number of likely N-dealkylation sites (tertiary alicyclic amines) is 1. The number of nitrogens with zero attached hydrogens (tertiary/aromatic N) is 9. The lowest BCUT2D eigenvalue weighted by atomic mass is 9.65. The van der Waals surface area contributed by atoms with Gasteiger partial charge >= 0.3 is 12.1 Å². The predicted octanol–water partition coefficient (Wildman–Crippen LogP) is 13.3. The third kappa shape index (κ3) is 13.8. The summed E-state index contributed by atoms with van der Waals surface area (Å²) in [5, 5.41) is 7.83. The fraction of sp³-hybridized carbons (Fsp3) is 0.597. The number of carbonyl (C=O) groups is 4. The summed E-state index contributed by atoms with van der Waals surface area (Å²) in [5.41, 5.74) is 5.71. The predicted molar refractivity (Wildman–Crippen MR) is 367 cm³/mol. The zero-order valence-electron chi connectivity index (χ0n) is 56.6. The number of benzene rings is 3. The number of urea groups is 1. The molecule has 1 spiro atoms. The average molecular weight is 1330 g/mol. The summed E-state index contributed by atoms with van der Waals surface area (Å²) < 4.78 is 52.2. The summed E-state index contributed by atoms with van der Waals surface area (Å²) in [6.45, 7) is 28.1. The monoisotopic (exact) mass is 1330 g/mol. The van der Waals surface area contributed by atoms with Crippen LogP contribution in [0.15, 0.2) is 48.7 Å². The zero-order chi connectivity index (χ0) is 66.6. The van der Waals surface area contributed by atoms with Gasteiger partial charge in [-0.1, -0.05) is 65.1 Å². The maximum Gasteiger partial charge on any atom is 0.410 e. The number of pyridine rings is 1. The van der Waals surface area contributed by atoms with Gasteiger partial charge < -0.3 is 39.1 Å². The second-order valence-corrected chi connectivity index (χ2v) is 36.0. The fourth-order valence-electron chi connectivity index (χ4n) is 16.6. The summed E-state index contributed by atoms with van der Waals surface area (Å²) in [6, 6.07) is 10.8. The highest BCUT2D eigenvalue weighted by Crippen LogP contribution is 2.49. The molecule has 5 amide bonds. The Morgan fingerprint density at radius 2 is 1.52 bits per heavy atom. The van der Waals surface area contributed by atoms with E-state index in [2.05, 4.69) is 78.3 Å². The van der Waals surface area contributed by atoms with Crippen molar-refractivity contribution in [3.05, 3.63) is 76.4 Å². The van der Waals surface area contributed by atoms with Gasteiger partial charge in [0.1, 0.15) is 42.3 Å². The number of fused-ring (bicyclic) bond motifs is 4. The Bertz CT molecular complexity index is 3730. The quantitative estimate of drug-likeness (QED) is 0.0510. The first-order chi connectivity index (χ1) is 44.9. The van der Waals surface area contributed by atoms with E-state index in [1.807, 2.05) is 30.6 Å². The molecule has 7 aliphatic rings. The number of nitrogens with one attached hydrogen (secondary N) is 2. The van der Waals surface area contributed by atoms with E-state index in [0.717, 1.165) is 77.8 Å². The van der Waals surface area contributed by atoms with Crippen LogP contribution in [0.2, 0.25) is 21.6 Å². The summed E-state index contributed by atoms with van der Waals surface area (Å²) in [7, 11) is -0.820. The van der Waals surface area contributed by atoms with Crippen molar-refractivity contribution in [1.29, 1.82) is 0 Å². The molecule has 2 atom stereocenters. The van der Waals surface area contributed by atoms with Gasteiger partial charge in [0.05, 0.1) is 33.7 Å². The second-order valence-electron chi connectivity index (χ2n) is 30.0. The normalized spacial score (nSPS) is 21.2. The van der Waals surface area contributed by atoms with E-state index in [1.165, 1.54) is 43.8 Å². The molecule has 2 saturated carbocycles. The van der Waals surface area contributed by atoms with Crippen molar-refractivity contribution in [3.8, 4) is 28.5 Å². The molecule has 5 aliphatic heterocycles. The van der Waals surface area contributed by atoms with Crippen molar-refractivity contribution in [2.75, 3.05) is 108 Å². The fourth-order valence-corrected chi connectivity index (χ4v) is 22.0. The van der Waals surface area contributed by atoms with Crippen LogP contribution >= 0.6 is 11.6 Å². The lowest BCUT2D eigenvalue weighted by molar-refractivity contribution is -0.120. The minimum atomic E-state index is -2.35. The van der Waals surface area contributed by atoms with Crippen LogP contribution in [-0.4, -0.2) is 177 Å². The SMILES string of the molecule is COCOc1cc(-c2ncc3c(N4CC5CCC(C4)N5C(=O)OC(C)(C)C)nc(NCC4(CN5CCN(CC6CCC7(CC6)CCN(C(=O)c6ccc(Cl)c(N8CCC(=O)NC8=O)c6)CC7)CC5)CC4)nc3c2F)c2c(C#C[Si](C(C)C)(C(C)C)C(C)C)c(F)ccc2c1. The molecule has 5 saturated heterocycles. The van der Waals surface area contributed by atoms with E-state index >= 15 is 8.78 Å². The van der Waals surface area contributed by atoms with E-state index < -0.39 is 31.3 Å². The van der Waals surface area contributed by atoms with Crippen molar-refractivity contribution in [3.63, 3.8) is 0 Å². The molecule has 7 heterocycles. The van der Waals surface area contributed by atoms with Crippen LogP contribution in [0.3, 0.4) is 0 Å². The van der Waals surface area contributed by atoms with Gasteiger partial charge in [0, 0.05) is 120 Å². The van der Waals surface area contributed by atoms with Crippen LogP contribution in [0.4, 0.5) is 35.8 Å². The number of carbonyl (C=O) groups excluding carboxylic acids is 4. The summed E-state index contributed by atoms with van der Waals surface area (Å²) in [4.78, 5) is 79.8.